The lowest BCUT2D eigenvalue weighted by atomic mass is 10.2. The molecule has 0 radical (unpaired) electrons. The van der Waals surface area contributed by atoms with Crippen molar-refractivity contribution < 1.29 is 17.6 Å². The summed E-state index contributed by atoms with van der Waals surface area (Å²) in [5.74, 6) is -1.26. The fourth-order valence-corrected chi connectivity index (χ4v) is 0.901. The topological polar surface area (TPSA) is 12.0 Å². The molecular weight excluding hydrogens is 186 g/mol. The highest BCUT2D eigenvalue weighted by molar-refractivity contribution is 5.45. The zero-order chi connectivity index (χ0) is 10.1. The zero-order valence-corrected chi connectivity index (χ0v) is 6.74. The third kappa shape index (κ3) is 2.11. The minimum absolute atomic E-state index is 0.311. The van der Waals surface area contributed by atoms with Crippen molar-refractivity contribution >= 4 is 5.69 Å². The molecule has 1 rings (SSSR count). The van der Waals surface area contributed by atoms with Crippen molar-refractivity contribution in [1.29, 1.82) is 0 Å². The average Bonchev–Trinajstić information content (AvgIpc) is 2.01. The van der Waals surface area contributed by atoms with Gasteiger partial charge in [0.25, 0.3) is 0 Å². The maximum absolute atomic E-state index is 12.8. The summed E-state index contributed by atoms with van der Waals surface area (Å²) in [6.07, 6.45) is -4.63. The van der Waals surface area contributed by atoms with Crippen LogP contribution in [-0.2, 0) is 6.18 Å². The van der Waals surface area contributed by atoms with Crippen molar-refractivity contribution in [2.24, 2.45) is 0 Å². The number of halogens is 4. The van der Waals surface area contributed by atoms with Crippen LogP contribution in [0.1, 0.15) is 5.56 Å². The third-order valence-electron chi connectivity index (χ3n) is 1.56. The largest absolute Gasteiger partial charge is 0.419 e. The second-order valence-corrected chi connectivity index (χ2v) is 2.44. The molecule has 1 nitrogen and oxygen atoms in total. The minimum atomic E-state index is -4.63. The van der Waals surface area contributed by atoms with E-state index in [4.69, 9.17) is 0 Å². The normalized spacial score (nSPS) is 11.5. The van der Waals surface area contributed by atoms with Crippen LogP contribution in [0.4, 0.5) is 23.2 Å². The van der Waals surface area contributed by atoms with Crippen molar-refractivity contribution in [3.05, 3.63) is 29.6 Å². The quantitative estimate of drug-likeness (QED) is 0.676. The second kappa shape index (κ2) is 3.24. The van der Waals surface area contributed by atoms with Gasteiger partial charge in [-0.05, 0) is 18.2 Å². The van der Waals surface area contributed by atoms with Crippen LogP contribution in [0.15, 0.2) is 18.2 Å². The summed E-state index contributed by atoms with van der Waals surface area (Å²) >= 11 is 0. The average molecular weight is 193 g/mol. The van der Waals surface area contributed by atoms with Crippen LogP contribution in [0.25, 0.3) is 0 Å². The van der Waals surface area contributed by atoms with Crippen LogP contribution in [0.5, 0.6) is 0 Å². The van der Waals surface area contributed by atoms with Crippen LogP contribution in [-0.4, -0.2) is 7.05 Å². The van der Waals surface area contributed by atoms with Gasteiger partial charge in [0.2, 0.25) is 0 Å². The molecule has 0 aliphatic rings. The summed E-state index contributed by atoms with van der Waals surface area (Å²) in [4.78, 5) is 0. The number of alkyl halides is 3. The molecule has 0 aliphatic heterocycles. The maximum atomic E-state index is 12.8. The fraction of sp³-hybridized carbons (Fsp3) is 0.250. The summed E-state index contributed by atoms with van der Waals surface area (Å²) in [7, 11) is 1.50. The van der Waals surface area contributed by atoms with Crippen LogP contribution in [0.2, 0.25) is 0 Å². The maximum Gasteiger partial charge on any atom is 0.419 e. The summed E-state index contributed by atoms with van der Waals surface area (Å²) in [6.45, 7) is 0. The highest BCUT2D eigenvalue weighted by Crippen LogP contribution is 2.32. The predicted octanol–water partition coefficient (Wildman–Crippen LogP) is 2.89. The van der Waals surface area contributed by atoms with Gasteiger partial charge >= 0.3 is 6.18 Å². The number of benzene rings is 1. The lowest BCUT2D eigenvalue weighted by Gasteiger charge is -2.08. The Bertz CT molecular complexity index is 306. The standard InChI is InChI=1S/C8H7F4N/c1-13-5-2-3-6(7(9)4-5)8(10,11)12/h2-4,13H,1H3. The van der Waals surface area contributed by atoms with Gasteiger partial charge in [0.15, 0.2) is 0 Å². The molecule has 0 saturated heterocycles. The first-order chi connectivity index (χ1) is 5.95. The monoisotopic (exact) mass is 193 g/mol. The highest BCUT2D eigenvalue weighted by atomic mass is 19.4. The number of rotatable bonds is 1. The Labute approximate surface area is 72.4 Å². The molecule has 0 atom stereocenters. The van der Waals surface area contributed by atoms with Gasteiger partial charge in [-0.3, -0.25) is 0 Å². The van der Waals surface area contributed by atoms with E-state index in [0.717, 1.165) is 6.07 Å². The number of anilines is 1. The smallest absolute Gasteiger partial charge is 0.388 e. The van der Waals surface area contributed by atoms with E-state index in [9.17, 15) is 17.6 Å². The van der Waals surface area contributed by atoms with Gasteiger partial charge < -0.3 is 5.32 Å². The lowest BCUT2D eigenvalue weighted by Crippen LogP contribution is -2.08. The van der Waals surface area contributed by atoms with Gasteiger partial charge in [0.05, 0.1) is 5.56 Å². The molecule has 13 heavy (non-hydrogen) atoms. The molecule has 0 fully saturated rings. The molecule has 0 unspecified atom stereocenters. The summed E-state index contributed by atoms with van der Waals surface area (Å²) in [6, 6.07) is 2.69. The van der Waals surface area contributed by atoms with Crippen LogP contribution >= 0.6 is 0 Å². The van der Waals surface area contributed by atoms with E-state index in [1.165, 1.54) is 13.1 Å². The SMILES string of the molecule is CNc1ccc(C(F)(F)F)c(F)c1. The molecule has 0 heterocycles. The Kier molecular flexibility index (Phi) is 2.45. The Morgan fingerprint density at radius 2 is 1.85 bits per heavy atom. The number of hydrogen-bond acceptors (Lipinski definition) is 1. The Balaban J connectivity index is 3.13. The van der Waals surface area contributed by atoms with Crippen molar-refractivity contribution in [3.63, 3.8) is 0 Å². The third-order valence-corrected chi connectivity index (χ3v) is 1.56. The molecular formula is C8H7F4N. The molecule has 0 aliphatic carbocycles. The van der Waals surface area contributed by atoms with Crippen molar-refractivity contribution in [2.75, 3.05) is 12.4 Å². The molecule has 0 spiro atoms. The van der Waals surface area contributed by atoms with Crippen molar-refractivity contribution in [1.82, 2.24) is 0 Å². The van der Waals surface area contributed by atoms with Crippen molar-refractivity contribution in [2.45, 2.75) is 6.18 Å². The van der Waals surface area contributed by atoms with E-state index in [2.05, 4.69) is 5.32 Å². The summed E-state index contributed by atoms with van der Waals surface area (Å²) in [5, 5.41) is 2.54. The minimum Gasteiger partial charge on any atom is -0.388 e. The molecule has 72 valence electrons. The van der Waals surface area contributed by atoms with Gasteiger partial charge in [-0.1, -0.05) is 0 Å². The molecule has 0 amide bonds. The first-order valence-corrected chi connectivity index (χ1v) is 3.49. The second-order valence-electron chi connectivity index (χ2n) is 2.44. The molecule has 0 saturated carbocycles. The molecule has 0 aromatic heterocycles. The molecule has 0 bridgehead atoms. The zero-order valence-electron chi connectivity index (χ0n) is 6.74. The van der Waals surface area contributed by atoms with Gasteiger partial charge in [-0.25, -0.2) is 4.39 Å². The van der Waals surface area contributed by atoms with Gasteiger partial charge in [0, 0.05) is 12.7 Å². The van der Waals surface area contributed by atoms with Crippen molar-refractivity contribution in [3.8, 4) is 0 Å². The first-order valence-electron chi connectivity index (χ1n) is 3.49. The Hall–Kier alpha value is -1.26. The number of hydrogen-bond donors (Lipinski definition) is 1. The van der Waals surface area contributed by atoms with Gasteiger partial charge in [-0.15, -0.1) is 0 Å². The summed E-state index contributed by atoms with van der Waals surface area (Å²) < 4.78 is 48.8. The van der Waals surface area contributed by atoms with E-state index >= 15 is 0 Å². The van der Waals surface area contributed by atoms with Gasteiger partial charge in [0.1, 0.15) is 5.82 Å². The van der Waals surface area contributed by atoms with Crippen LogP contribution < -0.4 is 5.32 Å². The van der Waals surface area contributed by atoms with Crippen LogP contribution in [0, 0.1) is 5.82 Å². The number of nitrogens with one attached hydrogen (secondary N) is 1. The lowest BCUT2D eigenvalue weighted by molar-refractivity contribution is -0.139. The van der Waals surface area contributed by atoms with E-state index in [1.54, 1.807) is 0 Å². The molecule has 1 N–H and O–H groups in total. The first kappa shape index (κ1) is 9.83. The predicted molar refractivity (Wildman–Crippen MR) is 40.9 cm³/mol. The van der Waals surface area contributed by atoms with Gasteiger partial charge in [-0.2, -0.15) is 13.2 Å². The highest BCUT2D eigenvalue weighted by Gasteiger charge is 2.33. The van der Waals surface area contributed by atoms with E-state index in [-0.39, 0.29) is 0 Å². The Morgan fingerprint density at radius 1 is 1.23 bits per heavy atom. The summed E-state index contributed by atoms with van der Waals surface area (Å²) in [5.41, 5.74) is -0.933. The Morgan fingerprint density at radius 3 is 2.23 bits per heavy atom. The van der Waals surface area contributed by atoms with E-state index < -0.39 is 17.6 Å². The molecule has 1 aromatic rings. The van der Waals surface area contributed by atoms with E-state index in [1.807, 2.05) is 0 Å². The van der Waals surface area contributed by atoms with E-state index in [0.29, 0.717) is 11.8 Å². The fourth-order valence-electron chi connectivity index (χ4n) is 0.901. The molecule has 5 heteroatoms. The van der Waals surface area contributed by atoms with Crippen LogP contribution in [0.3, 0.4) is 0 Å². The molecule has 1 aromatic carbocycles.